The van der Waals surface area contributed by atoms with Gasteiger partial charge in [-0.2, -0.15) is 0 Å². The van der Waals surface area contributed by atoms with Crippen molar-refractivity contribution < 1.29 is 0 Å². The van der Waals surface area contributed by atoms with E-state index in [4.69, 9.17) is 5.73 Å². The maximum Gasteiger partial charge on any atom is 0.205 e. The maximum absolute atomic E-state index is 6.09. The van der Waals surface area contributed by atoms with E-state index in [1.54, 1.807) is 0 Å². The third-order valence-electron chi connectivity index (χ3n) is 3.19. The van der Waals surface area contributed by atoms with E-state index in [1.807, 2.05) is 16.7 Å². The van der Waals surface area contributed by atoms with Gasteiger partial charge in [-0.3, -0.25) is 4.57 Å². The van der Waals surface area contributed by atoms with Crippen LogP contribution in [0.5, 0.6) is 0 Å². The van der Waals surface area contributed by atoms with Gasteiger partial charge in [0, 0.05) is 4.47 Å². The Kier molecular flexibility index (Phi) is 2.82. The van der Waals surface area contributed by atoms with Crippen molar-refractivity contribution in [2.45, 2.75) is 13.8 Å². The second-order valence-corrected chi connectivity index (χ2v) is 5.65. The number of rotatable bonds is 1. The number of imidazole rings is 1. The summed E-state index contributed by atoms with van der Waals surface area (Å²) in [6.45, 7) is 4.14. The van der Waals surface area contributed by atoms with Crippen LogP contribution in [0.1, 0.15) is 11.1 Å². The normalized spacial score (nSPS) is 11.1. The molecule has 0 unspecified atom stereocenters. The number of benzene rings is 2. The molecule has 0 amide bonds. The summed E-state index contributed by atoms with van der Waals surface area (Å²) in [5.74, 6) is 0.516. The first-order valence-electron chi connectivity index (χ1n) is 6.07. The van der Waals surface area contributed by atoms with E-state index in [-0.39, 0.29) is 0 Å². The Morgan fingerprint density at radius 1 is 1.16 bits per heavy atom. The summed E-state index contributed by atoms with van der Waals surface area (Å²) in [6, 6.07) is 12.3. The highest BCUT2D eigenvalue weighted by Gasteiger charge is 2.12. The molecule has 2 aromatic carbocycles. The standard InChI is InChI=1S/C15H14BrN3/c1-9-6-11(16)8-12(7-9)19-14-10(2)4-3-5-13(14)18-15(19)17/h3-8H,1-2H3,(H2,17,18). The number of aromatic nitrogens is 2. The van der Waals surface area contributed by atoms with Crippen LogP contribution in [0.25, 0.3) is 16.7 Å². The fourth-order valence-electron chi connectivity index (χ4n) is 2.42. The van der Waals surface area contributed by atoms with Crippen molar-refractivity contribution >= 4 is 32.9 Å². The molecule has 0 aliphatic heterocycles. The summed E-state index contributed by atoms with van der Waals surface area (Å²) in [4.78, 5) is 4.44. The minimum absolute atomic E-state index is 0.516. The molecule has 0 fully saturated rings. The van der Waals surface area contributed by atoms with Crippen molar-refractivity contribution in [3.63, 3.8) is 0 Å². The van der Waals surface area contributed by atoms with E-state index in [9.17, 15) is 0 Å². The average Bonchev–Trinajstić information content (AvgIpc) is 2.65. The summed E-state index contributed by atoms with van der Waals surface area (Å²) in [7, 11) is 0. The molecule has 0 radical (unpaired) electrons. The fraction of sp³-hybridized carbons (Fsp3) is 0.133. The predicted molar refractivity (Wildman–Crippen MR) is 82.7 cm³/mol. The molecular weight excluding hydrogens is 302 g/mol. The Morgan fingerprint density at radius 3 is 2.68 bits per heavy atom. The zero-order valence-corrected chi connectivity index (χ0v) is 12.4. The molecule has 3 aromatic rings. The third kappa shape index (κ3) is 2.02. The van der Waals surface area contributed by atoms with Gasteiger partial charge in [0.2, 0.25) is 5.95 Å². The SMILES string of the molecule is Cc1cc(Br)cc(-n2c(N)nc3cccc(C)c32)c1. The van der Waals surface area contributed by atoms with Crippen molar-refractivity contribution in [1.82, 2.24) is 9.55 Å². The third-order valence-corrected chi connectivity index (χ3v) is 3.65. The zero-order chi connectivity index (χ0) is 13.6. The Bertz CT molecular complexity index is 754. The highest BCUT2D eigenvalue weighted by molar-refractivity contribution is 9.10. The van der Waals surface area contributed by atoms with Crippen molar-refractivity contribution in [3.05, 3.63) is 52.0 Å². The van der Waals surface area contributed by atoms with E-state index in [0.717, 1.165) is 21.2 Å². The quantitative estimate of drug-likeness (QED) is 0.738. The van der Waals surface area contributed by atoms with Gasteiger partial charge in [-0.15, -0.1) is 0 Å². The van der Waals surface area contributed by atoms with Crippen LogP contribution in [0.4, 0.5) is 5.95 Å². The number of nitrogen functional groups attached to an aromatic ring is 1. The van der Waals surface area contributed by atoms with E-state index >= 15 is 0 Å². The van der Waals surface area contributed by atoms with E-state index in [0.29, 0.717) is 5.95 Å². The van der Waals surface area contributed by atoms with Crippen molar-refractivity contribution in [2.75, 3.05) is 5.73 Å². The lowest BCUT2D eigenvalue weighted by molar-refractivity contribution is 1.10. The van der Waals surface area contributed by atoms with E-state index < -0.39 is 0 Å². The molecule has 0 spiro atoms. The minimum Gasteiger partial charge on any atom is -0.369 e. The second-order valence-electron chi connectivity index (χ2n) is 4.73. The Labute approximate surface area is 120 Å². The first-order valence-corrected chi connectivity index (χ1v) is 6.86. The Hall–Kier alpha value is -1.81. The summed E-state index contributed by atoms with van der Waals surface area (Å²) in [6.07, 6.45) is 0. The largest absolute Gasteiger partial charge is 0.369 e. The molecular formula is C15H14BrN3. The van der Waals surface area contributed by atoms with Crippen molar-refractivity contribution in [3.8, 4) is 5.69 Å². The van der Waals surface area contributed by atoms with Crippen LogP contribution in [-0.2, 0) is 0 Å². The van der Waals surface area contributed by atoms with Gasteiger partial charge in [-0.25, -0.2) is 4.98 Å². The van der Waals surface area contributed by atoms with E-state index in [1.165, 1.54) is 11.1 Å². The summed E-state index contributed by atoms with van der Waals surface area (Å²) >= 11 is 3.53. The number of hydrogen-bond donors (Lipinski definition) is 1. The van der Waals surface area contributed by atoms with Crippen molar-refractivity contribution in [1.29, 1.82) is 0 Å². The van der Waals surface area contributed by atoms with Crippen LogP contribution in [0.2, 0.25) is 0 Å². The van der Waals surface area contributed by atoms with Crippen LogP contribution >= 0.6 is 15.9 Å². The van der Waals surface area contributed by atoms with Gasteiger partial charge in [0.15, 0.2) is 0 Å². The molecule has 0 saturated heterocycles. The number of hydrogen-bond acceptors (Lipinski definition) is 2. The average molecular weight is 316 g/mol. The molecule has 0 aliphatic rings. The molecule has 4 heteroatoms. The van der Waals surface area contributed by atoms with Crippen molar-refractivity contribution in [2.24, 2.45) is 0 Å². The first-order chi connectivity index (χ1) is 9.06. The second kappa shape index (κ2) is 4.38. The van der Waals surface area contributed by atoms with Crippen LogP contribution < -0.4 is 5.73 Å². The maximum atomic E-state index is 6.09. The molecule has 0 saturated carbocycles. The number of anilines is 1. The van der Waals surface area contributed by atoms with Gasteiger partial charge in [-0.05, 0) is 49.2 Å². The molecule has 19 heavy (non-hydrogen) atoms. The monoisotopic (exact) mass is 315 g/mol. The summed E-state index contributed by atoms with van der Waals surface area (Å²) in [5, 5.41) is 0. The van der Waals surface area contributed by atoms with Gasteiger partial charge in [0.05, 0.1) is 16.7 Å². The Balaban J connectivity index is 2.38. The topological polar surface area (TPSA) is 43.8 Å². The summed E-state index contributed by atoms with van der Waals surface area (Å²) in [5.41, 5.74) is 11.5. The van der Waals surface area contributed by atoms with Crippen LogP contribution in [0.15, 0.2) is 40.9 Å². The Morgan fingerprint density at radius 2 is 1.95 bits per heavy atom. The predicted octanol–water partition coefficient (Wildman–Crippen LogP) is 3.99. The number of para-hydroxylation sites is 1. The van der Waals surface area contributed by atoms with Gasteiger partial charge < -0.3 is 5.73 Å². The van der Waals surface area contributed by atoms with Crippen LogP contribution in [0, 0.1) is 13.8 Å². The number of aryl methyl sites for hydroxylation is 2. The van der Waals surface area contributed by atoms with Crippen LogP contribution in [0.3, 0.4) is 0 Å². The zero-order valence-electron chi connectivity index (χ0n) is 10.8. The van der Waals surface area contributed by atoms with Gasteiger partial charge in [0.1, 0.15) is 0 Å². The number of fused-ring (bicyclic) bond motifs is 1. The van der Waals surface area contributed by atoms with Crippen LogP contribution in [-0.4, -0.2) is 9.55 Å². The molecule has 1 heterocycles. The van der Waals surface area contributed by atoms with Gasteiger partial charge in [0.25, 0.3) is 0 Å². The fourth-order valence-corrected chi connectivity index (χ4v) is 3.02. The minimum atomic E-state index is 0.516. The number of nitrogens with two attached hydrogens (primary N) is 1. The smallest absolute Gasteiger partial charge is 0.205 e. The molecule has 96 valence electrons. The summed E-state index contributed by atoms with van der Waals surface area (Å²) < 4.78 is 3.04. The number of nitrogens with zero attached hydrogens (tertiary/aromatic N) is 2. The lowest BCUT2D eigenvalue weighted by Gasteiger charge is -2.10. The highest BCUT2D eigenvalue weighted by atomic mass is 79.9. The molecule has 2 N–H and O–H groups in total. The molecule has 0 atom stereocenters. The first kappa shape index (κ1) is 12.2. The number of halogens is 1. The lowest BCUT2D eigenvalue weighted by Crippen LogP contribution is -2.01. The molecule has 0 bridgehead atoms. The molecule has 3 rings (SSSR count). The lowest BCUT2D eigenvalue weighted by atomic mass is 10.2. The highest BCUT2D eigenvalue weighted by Crippen LogP contribution is 2.27. The van der Waals surface area contributed by atoms with Gasteiger partial charge in [-0.1, -0.05) is 28.1 Å². The van der Waals surface area contributed by atoms with E-state index in [2.05, 4.69) is 59.0 Å². The molecule has 3 nitrogen and oxygen atoms in total. The van der Waals surface area contributed by atoms with Gasteiger partial charge >= 0.3 is 0 Å². The molecule has 1 aromatic heterocycles. The molecule has 0 aliphatic carbocycles.